The molecule has 2 aromatic rings. The normalized spacial score (nSPS) is 22.9. The van der Waals surface area contributed by atoms with Crippen LogP contribution in [0.1, 0.15) is 226 Å². The summed E-state index contributed by atoms with van der Waals surface area (Å²) in [5.41, 5.74) is 4.56. The van der Waals surface area contributed by atoms with Crippen LogP contribution in [0.5, 0.6) is 23.0 Å². The van der Waals surface area contributed by atoms with Gasteiger partial charge in [0.1, 0.15) is 23.0 Å². The molecule has 0 heterocycles. The summed E-state index contributed by atoms with van der Waals surface area (Å²) in [6.45, 7) is 0. The quantitative estimate of drug-likeness (QED) is 0.330. The average Bonchev–Trinajstić information content (AvgIpc) is 2.99. The van der Waals surface area contributed by atoms with Gasteiger partial charge in [-0.25, -0.2) is 0 Å². The van der Waals surface area contributed by atoms with Gasteiger partial charge >= 0.3 is 0 Å². The van der Waals surface area contributed by atoms with Crippen LogP contribution in [0.15, 0.2) is 24.3 Å². The van der Waals surface area contributed by atoms with E-state index in [0.29, 0.717) is 35.2 Å². The van der Waals surface area contributed by atoms with Gasteiger partial charge in [0, 0.05) is 22.3 Å². The number of hydrogen-bond donors (Lipinski definition) is 2. The molecule has 4 aliphatic carbocycles. The van der Waals surface area contributed by atoms with Gasteiger partial charge < -0.3 is 14.9 Å². The second-order valence-electron chi connectivity index (χ2n) is 16.2. The van der Waals surface area contributed by atoms with Gasteiger partial charge in [0.05, 0.1) is 0 Å². The van der Waals surface area contributed by atoms with E-state index in [4.69, 9.17) is 4.74 Å². The van der Waals surface area contributed by atoms with Crippen LogP contribution in [0.2, 0.25) is 0 Å². The molecule has 0 saturated heterocycles. The second kappa shape index (κ2) is 18.0. The van der Waals surface area contributed by atoms with Crippen molar-refractivity contribution in [1.82, 2.24) is 0 Å². The minimum Gasteiger partial charge on any atom is -0.507 e. The maximum atomic E-state index is 12.0. The molecule has 0 atom stereocenters. The van der Waals surface area contributed by atoms with Crippen LogP contribution in [-0.4, -0.2) is 10.2 Å². The fourth-order valence-corrected chi connectivity index (χ4v) is 9.87. The van der Waals surface area contributed by atoms with Crippen molar-refractivity contribution in [3.05, 3.63) is 46.5 Å². The summed E-state index contributed by atoms with van der Waals surface area (Å²) < 4.78 is 7.02. The molecule has 3 heteroatoms. The third-order valence-corrected chi connectivity index (χ3v) is 12.7. The van der Waals surface area contributed by atoms with E-state index < -0.39 is 0 Å². The summed E-state index contributed by atoms with van der Waals surface area (Å²) in [6.07, 6.45) is 35.2. The molecule has 6 rings (SSSR count). The van der Waals surface area contributed by atoms with Crippen LogP contribution in [-0.2, 0) is 0 Å². The van der Waals surface area contributed by atoms with E-state index in [9.17, 15) is 10.2 Å². The van der Waals surface area contributed by atoms with Crippen molar-refractivity contribution < 1.29 is 14.9 Å². The fraction of sp³-hybridized carbons (Fsp3) is 0.727. The van der Waals surface area contributed by atoms with E-state index in [1.807, 2.05) is 0 Å². The molecule has 0 radical (unpaired) electrons. The summed E-state index contributed by atoms with van der Waals surface area (Å²) in [4.78, 5) is 0. The van der Waals surface area contributed by atoms with Crippen molar-refractivity contribution in [2.45, 2.75) is 203 Å². The van der Waals surface area contributed by atoms with Gasteiger partial charge in [0.15, 0.2) is 0 Å². The van der Waals surface area contributed by atoms with Gasteiger partial charge in [-0.15, -0.1) is 0 Å². The van der Waals surface area contributed by atoms with Crippen LogP contribution in [0.25, 0.3) is 0 Å². The zero-order chi connectivity index (χ0) is 32.3. The lowest BCUT2D eigenvalue weighted by Gasteiger charge is -2.28. The van der Waals surface area contributed by atoms with Crippen LogP contribution < -0.4 is 4.74 Å². The third kappa shape index (κ3) is 9.51. The van der Waals surface area contributed by atoms with E-state index in [-0.39, 0.29) is 0 Å². The molecule has 4 saturated carbocycles. The van der Waals surface area contributed by atoms with Gasteiger partial charge in [-0.05, 0) is 99.3 Å². The largest absolute Gasteiger partial charge is 0.507 e. The van der Waals surface area contributed by atoms with Crippen LogP contribution >= 0.6 is 0 Å². The van der Waals surface area contributed by atoms with Crippen molar-refractivity contribution in [2.24, 2.45) is 0 Å². The number of ether oxygens (including phenoxy) is 1. The molecule has 3 nitrogen and oxygen atoms in total. The molecule has 4 aliphatic rings. The Morgan fingerprint density at radius 2 is 0.511 bits per heavy atom. The lowest BCUT2D eigenvalue weighted by molar-refractivity contribution is 0.394. The molecule has 0 amide bonds. The minimum absolute atomic E-state index is 0.405. The molecule has 0 aromatic heterocycles. The maximum absolute atomic E-state index is 12.0. The van der Waals surface area contributed by atoms with E-state index in [2.05, 4.69) is 24.3 Å². The number of rotatable bonds is 6. The molecule has 260 valence electrons. The molecule has 0 aliphatic heterocycles. The van der Waals surface area contributed by atoms with Gasteiger partial charge in [-0.2, -0.15) is 0 Å². The molecule has 47 heavy (non-hydrogen) atoms. The van der Waals surface area contributed by atoms with E-state index in [1.165, 1.54) is 128 Å². The minimum atomic E-state index is 0.405. The monoisotopic (exact) mass is 643 g/mol. The van der Waals surface area contributed by atoms with Crippen molar-refractivity contribution in [2.75, 3.05) is 0 Å². The Morgan fingerprint density at radius 3 is 0.723 bits per heavy atom. The first-order valence-electron chi connectivity index (χ1n) is 20.6. The number of benzene rings is 2. The zero-order valence-electron chi connectivity index (χ0n) is 29.7. The van der Waals surface area contributed by atoms with Crippen LogP contribution in [0.3, 0.4) is 0 Å². The van der Waals surface area contributed by atoms with Crippen molar-refractivity contribution in [1.29, 1.82) is 0 Å². The second-order valence-corrected chi connectivity index (χ2v) is 16.2. The topological polar surface area (TPSA) is 49.7 Å². The Morgan fingerprint density at radius 1 is 0.319 bits per heavy atom. The summed E-state index contributed by atoms with van der Waals surface area (Å²) in [6, 6.07) is 8.86. The molecular formula is C44H66O3. The first-order valence-corrected chi connectivity index (χ1v) is 20.6. The lowest BCUT2D eigenvalue weighted by atomic mass is 9.80. The maximum Gasteiger partial charge on any atom is 0.128 e. The van der Waals surface area contributed by atoms with Crippen LogP contribution in [0.4, 0.5) is 0 Å². The van der Waals surface area contributed by atoms with Gasteiger partial charge in [-0.1, -0.05) is 128 Å². The molecule has 0 spiro atoms. The smallest absolute Gasteiger partial charge is 0.128 e. The average molecular weight is 643 g/mol. The summed E-state index contributed by atoms with van der Waals surface area (Å²) in [5, 5.41) is 24.0. The molecule has 4 fully saturated rings. The Kier molecular flexibility index (Phi) is 13.3. The molecular weight excluding hydrogens is 576 g/mol. The number of phenolic OH excluding ortho intramolecular Hbond substituents is 2. The SMILES string of the molecule is Oc1c(C2CCCCCCC2)cc(Oc2cc(C3CCCCCCC3)c(O)c(C3CCCCCCC3)c2)cc1C1CCCCCCC1. The first kappa shape index (κ1) is 34.7. The number of hydrogen-bond acceptors (Lipinski definition) is 3. The first-order chi connectivity index (χ1) is 23.2. The number of aromatic hydroxyl groups is 2. The standard InChI is InChI=1S/C44H66O3/c45-43-39(33-21-13-5-1-6-14-22-33)29-37(30-40(43)34-23-15-7-2-8-16-24-34)47-38-31-41(35-25-17-9-3-10-18-26-35)44(46)42(32-38)36-27-19-11-4-12-20-28-36/h29-36,45-46H,1-28H2. The highest BCUT2D eigenvalue weighted by Gasteiger charge is 2.27. The highest BCUT2D eigenvalue weighted by molar-refractivity contribution is 5.54. The Bertz CT molecular complexity index is 1040. The van der Waals surface area contributed by atoms with E-state index in [0.717, 1.165) is 85.1 Å². The highest BCUT2D eigenvalue weighted by Crippen LogP contribution is 2.48. The Balaban J connectivity index is 1.39. The third-order valence-electron chi connectivity index (χ3n) is 12.7. The molecule has 2 N–H and O–H groups in total. The summed E-state index contributed by atoms with van der Waals surface area (Å²) in [7, 11) is 0. The van der Waals surface area contributed by atoms with Gasteiger partial charge in [-0.3, -0.25) is 0 Å². The van der Waals surface area contributed by atoms with Crippen molar-refractivity contribution in [3.8, 4) is 23.0 Å². The summed E-state index contributed by atoms with van der Waals surface area (Å²) >= 11 is 0. The Hall–Kier alpha value is -2.16. The van der Waals surface area contributed by atoms with E-state index >= 15 is 0 Å². The fourth-order valence-electron chi connectivity index (χ4n) is 9.87. The predicted octanol–water partition coefficient (Wildman–Crippen LogP) is 14.2. The molecule has 0 unspecified atom stereocenters. The molecule has 0 bridgehead atoms. The predicted molar refractivity (Wildman–Crippen MR) is 197 cm³/mol. The Labute approximate surface area is 287 Å². The molecule has 2 aromatic carbocycles. The van der Waals surface area contributed by atoms with Crippen LogP contribution in [0, 0.1) is 0 Å². The summed E-state index contributed by atoms with van der Waals surface area (Å²) in [5.74, 6) is 4.56. The van der Waals surface area contributed by atoms with Gasteiger partial charge in [0.25, 0.3) is 0 Å². The lowest BCUT2D eigenvalue weighted by Crippen LogP contribution is -2.09. The van der Waals surface area contributed by atoms with Crippen molar-refractivity contribution in [3.63, 3.8) is 0 Å². The van der Waals surface area contributed by atoms with Gasteiger partial charge in [0.2, 0.25) is 0 Å². The van der Waals surface area contributed by atoms with E-state index in [1.54, 1.807) is 0 Å². The van der Waals surface area contributed by atoms with Crippen molar-refractivity contribution >= 4 is 0 Å². The zero-order valence-corrected chi connectivity index (χ0v) is 29.7. The highest BCUT2D eigenvalue weighted by atomic mass is 16.5. The number of phenols is 2.